The summed E-state index contributed by atoms with van der Waals surface area (Å²) in [5.74, 6) is -1.39. The van der Waals surface area contributed by atoms with Crippen LogP contribution in [0.5, 0.6) is 0 Å². The number of rotatable bonds is 7. The molecule has 7 nitrogen and oxygen atoms in total. The van der Waals surface area contributed by atoms with Gasteiger partial charge in [-0.25, -0.2) is 8.42 Å². The van der Waals surface area contributed by atoms with Crippen LogP contribution in [0.15, 0.2) is 29.2 Å². The van der Waals surface area contributed by atoms with Gasteiger partial charge < -0.3 is 10.0 Å². The van der Waals surface area contributed by atoms with Crippen LogP contribution in [0.25, 0.3) is 0 Å². The zero-order chi connectivity index (χ0) is 19.3. The molecule has 0 unspecified atom stereocenters. The SMILES string of the molecule is CN(CCC(=O)O)C(=O)c1cccc(S(=O)(=O)N(C)C2CCCCC2)c1. The number of sulfonamides is 1. The molecule has 1 amide bonds. The van der Waals surface area contributed by atoms with Gasteiger partial charge in [0.25, 0.3) is 5.91 Å². The fourth-order valence-corrected chi connectivity index (χ4v) is 4.64. The predicted octanol–water partition coefficient (Wildman–Crippen LogP) is 2.19. The van der Waals surface area contributed by atoms with E-state index in [0.29, 0.717) is 0 Å². The molecule has 1 N–H and O–H groups in total. The minimum Gasteiger partial charge on any atom is -0.481 e. The van der Waals surface area contributed by atoms with E-state index in [1.807, 2.05) is 0 Å². The molecule has 1 aromatic carbocycles. The Morgan fingerprint density at radius 3 is 2.42 bits per heavy atom. The van der Waals surface area contributed by atoms with E-state index in [9.17, 15) is 18.0 Å². The number of carbonyl (C=O) groups is 2. The summed E-state index contributed by atoms with van der Waals surface area (Å²) >= 11 is 0. The van der Waals surface area contributed by atoms with Gasteiger partial charge in [-0.15, -0.1) is 0 Å². The van der Waals surface area contributed by atoms with Crippen molar-refractivity contribution in [1.29, 1.82) is 0 Å². The van der Waals surface area contributed by atoms with Crippen LogP contribution in [0.3, 0.4) is 0 Å². The van der Waals surface area contributed by atoms with Crippen molar-refractivity contribution in [1.82, 2.24) is 9.21 Å². The largest absolute Gasteiger partial charge is 0.481 e. The monoisotopic (exact) mass is 382 g/mol. The second-order valence-electron chi connectivity index (χ2n) is 6.71. The highest BCUT2D eigenvalue weighted by Crippen LogP contribution is 2.26. The van der Waals surface area contributed by atoms with Gasteiger partial charge in [0.05, 0.1) is 11.3 Å². The van der Waals surface area contributed by atoms with Gasteiger partial charge in [0.1, 0.15) is 0 Å². The van der Waals surface area contributed by atoms with Gasteiger partial charge in [0, 0.05) is 32.2 Å². The molecule has 0 radical (unpaired) electrons. The normalized spacial score (nSPS) is 15.8. The molecule has 26 heavy (non-hydrogen) atoms. The zero-order valence-electron chi connectivity index (χ0n) is 15.2. The molecule has 144 valence electrons. The molecule has 0 aliphatic heterocycles. The van der Waals surface area contributed by atoms with Gasteiger partial charge in [-0.2, -0.15) is 4.31 Å². The van der Waals surface area contributed by atoms with E-state index < -0.39 is 21.9 Å². The molecular formula is C18H26N2O5S. The number of carbonyl (C=O) groups excluding carboxylic acids is 1. The maximum atomic E-state index is 12.9. The Balaban J connectivity index is 2.19. The van der Waals surface area contributed by atoms with Crippen molar-refractivity contribution >= 4 is 21.9 Å². The molecule has 1 aliphatic rings. The van der Waals surface area contributed by atoms with Crippen molar-refractivity contribution in [3.05, 3.63) is 29.8 Å². The van der Waals surface area contributed by atoms with E-state index in [1.54, 1.807) is 19.2 Å². The average molecular weight is 382 g/mol. The van der Waals surface area contributed by atoms with Crippen LogP contribution in [0.1, 0.15) is 48.9 Å². The molecule has 0 atom stereocenters. The third kappa shape index (κ3) is 4.82. The maximum absolute atomic E-state index is 12.9. The van der Waals surface area contributed by atoms with Gasteiger partial charge in [-0.05, 0) is 31.0 Å². The lowest BCUT2D eigenvalue weighted by Gasteiger charge is -2.30. The smallest absolute Gasteiger partial charge is 0.305 e. The molecule has 0 heterocycles. The molecule has 1 saturated carbocycles. The zero-order valence-corrected chi connectivity index (χ0v) is 16.0. The number of hydrogen-bond donors (Lipinski definition) is 1. The quantitative estimate of drug-likeness (QED) is 0.780. The van der Waals surface area contributed by atoms with Crippen LogP contribution in [-0.2, 0) is 14.8 Å². The number of hydrogen-bond acceptors (Lipinski definition) is 4. The van der Waals surface area contributed by atoms with Crippen LogP contribution in [0, 0.1) is 0 Å². The van der Waals surface area contributed by atoms with Crippen molar-refractivity contribution in [2.75, 3.05) is 20.6 Å². The molecule has 2 rings (SSSR count). The lowest BCUT2D eigenvalue weighted by atomic mass is 9.96. The lowest BCUT2D eigenvalue weighted by molar-refractivity contribution is -0.137. The van der Waals surface area contributed by atoms with Crippen molar-refractivity contribution in [3.8, 4) is 0 Å². The summed E-state index contributed by atoms with van der Waals surface area (Å²) in [7, 11) is -0.581. The summed E-state index contributed by atoms with van der Waals surface area (Å²) in [6.45, 7) is 0.0626. The summed E-state index contributed by atoms with van der Waals surface area (Å²) in [4.78, 5) is 24.5. The molecule has 0 aromatic heterocycles. The lowest BCUT2D eigenvalue weighted by Crippen LogP contribution is -2.38. The van der Waals surface area contributed by atoms with E-state index >= 15 is 0 Å². The highest BCUT2D eigenvalue weighted by atomic mass is 32.2. The molecule has 1 aliphatic carbocycles. The number of carboxylic acid groups (broad SMARTS) is 1. The topological polar surface area (TPSA) is 95.0 Å². The van der Waals surface area contributed by atoms with E-state index in [1.165, 1.54) is 28.4 Å². The van der Waals surface area contributed by atoms with Crippen LogP contribution in [0.2, 0.25) is 0 Å². The number of nitrogens with zero attached hydrogens (tertiary/aromatic N) is 2. The molecule has 0 bridgehead atoms. The van der Waals surface area contributed by atoms with Gasteiger partial charge in [-0.3, -0.25) is 9.59 Å². The number of amides is 1. The first-order valence-corrected chi connectivity index (χ1v) is 10.2. The third-order valence-electron chi connectivity index (χ3n) is 4.85. The van der Waals surface area contributed by atoms with Crippen LogP contribution >= 0.6 is 0 Å². The van der Waals surface area contributed by atoms with Gasteiger partial charge >= 0.3 is 5.97 Å². The van der Waals surface area contributed by atoms with Gasteiger partial charge in [0.2, 0.25) is 10.0 Å². The minimum absolute atomic E-state index is 0.00801. The molecule has 0 spiro atoms. The molecule has 0 saturated heterocycles. The first kappa shape index (κ1) is 20.4. The molecule has 8 heteroatoms. The fraction of sp³-hybridized carbons (Fsp3) is 0.556. The molecular weight excluding hydrogens is 356 g/mol. The van der Waals surface area contributed by atoms with Crippen molar-refractivity contribution in [3.63, 3.8) is 0 Å². The Morgan fingerprint density at radius 1 is 1.15 bits per heavy atom. The average Bonchev–Trinajstić information content (AvgIpc) is 2.65. The predicted molar refractivity (Wildman–Crippen MR) is 97.5 cm³/mol. The van der Waals surface area contributed by atoms with Crippen LogP contribution in [-0.4, -0.2) is 61.3 Å². The molecule has 1 aromatic rings. The Kier molecular flexibility index (Phi) is 6.77. The summed E-state index contributed by atoms with van der Waals surface area (Å²) in [5, 5.41) is 8.73. The third-order valence-corrected chi connectivity index (χ3v) is 6.76. The second kappa shape index (κ2) is 8.64. The van der Waals surface area contributed by atoms with Crippen LogP contribution in [0.4, 0.5) is 0 Å². The van der Waals surface area contributed by atoms with E-state index in [2.05, 4.69) is 0 Å². The summed E-state index contributed by atoms with van der Waals surface area (Å²) in [6.07, 6.45) is 4.73. The fourth-order valence-electron chi connectivity index (χ4n) is 3.18. The van der Waals surface area contributed by atoms with E-state index in [-0.39, 0.29) is 29.5 Å². The van der Waals surface area contributed by atoms with Crippen molar-refractivity contribution in [2.45, 2.75) is 49.5 Å². The summed E-state index contributed by atoms with van der Waals surface area (Å²) in [6, 6.07) is 5.93. The highest BCUT2D eigenvalue weighted by molar-refractivity contribution is 7.89. The van der Waals surface area contributed by atoms with Crippen molar-refractivity contribution in [2.24, 2.45) is 0 Å². The van der Waals surface area contributed by atoms with Gasteiger partial charge in [-0.1, -0.05) is 25.3 Å². The first-order valence-electron chi connectivity index (χ1n) is 8.79. The minimum atomic E-state index is -3.68. The standard InChI is InChI=1S/C18H26N2O5S/c1-19(12-11-17(21)22)18(23)14-7-6-10-16(13-14)26(24,25)20(2)15-8-4-3-5-9-15/h6-7,10,13,15H,3-5,8-9,11-12H2,1-2H3,(H,21,22). The number of carboxylic acids is 1. The summed E-state index contributed by atoms with van der Waals surface area (Å²) < 4.78 is 27.2. The van der Waals surface area contributed by atoms with E-state index in [0.717, 1.165) is 32.1 Å². The Bertz CT molecular complexity index is 757. The Labute approximate surface area is 154 Å². The van der Waals surface area contributed by atoms with Crippen molar-refractivity contribution < 1.29 is 23.1 Å². The number of benzene rings is 1. The van der Waals surface area contributed by atoms with E-state index in [4.69, 9.17) is 5.11 Å². The maximum Gasteiger partial charge on any atom is 0.305 e. The first-order chi connectivity index (χ1) is 12.2. The van der Waals surface area contributed by atoms with Gasteiger partial charge in [0.15, 0.2) is 0 Å². The summed E-state index contributed by atoms with van der Waals surface area (Å²) in [5.41, 5.74) is 0.232. The second-order valence-corrected chi connectivity index (χ2v) is 8.71. The Hall–Kier alpha value is -1.93. The number of aliphatic carboxylic acids is 1. The Morgan fingerprint density at radius 2 is 1.81 bits per heavy atom. The van der Waals surface area contributed by atoms with Crippen LogP contribution < -0.4 is 0 Å². The molecule has 1 fully saturated rings. The highest BCUT2D eigenvalue weighted by Gasteiger charge is 2.29.